The predicted molar refractivity (Wildman–Crippen MR) is 137 cm³/mol. The molecule has 1 amide bonds. The van der Waals surface area contributed by atoms with Gasteiger partial charge in [-0.3, -0.25) is 14.7 Å². The number of pyridine rings is 1. The van der Waals surface area contributed by atoms with Gasteiger partial charge in [0.15, 0.2) is 11.6 Å². The highest BCUT2D eigenvalue weighted by Gasteiger charge is 2.35. The van der Waals surface area contributed by atoms with Gasteiger partial charge in [0.05, 0.1) is 24.1 Å². The molecule has 3 atom stereocenters. The van der Waals surface area contributed by atoms with Gasteiger partial charge in [-0.05, 0) is 70.3 Å². The molecule has 0 radical (unpaired) electrons. The fourth-order valence-electron chi connectivity index (χ4n) is 4.26. The molecule has 1 saturated heterocycles. The number of amides is 1. The smallest absolute Gasteiger partial charge is 0.304 e. The van der Waals surface area contributed by atoms with Gasteiger partial charge in [-0.25, -0.2) is 9.11 Å². The SMILES string of the molecule is CC[C@@H](Oc1ccc(C(=O)NS(=O)(=O)N2C[C@@H](C)N(C)[C@@H](C)C2)c(F)c1F)c1ccc(OCC2CC2)cn1. The van der Waals surface area contributed by atoms with E-state index in [1.165, 1.54) is 12.8 Å². The third kappa shape index (κ3) is 6.41. The molecular weight excluding hydrogens is 518 g/mol. The molecule has 1 saturated carbocycles. The maximum Gasteiger partial charge on any atom is 0.304 e. The Morgan fingerprint density at radius 3 is 2.39 bits per heavy atom. The van der Waals surface area contributed by atoms with Gasteiger partial charge < -0.3 is 9.47 Å². The topological polar surface area (TPSA) is 101 Å². The molecule has 0 spiro atoms. The lowest BCUT2D eigenvalue weighted by Gasteiger charge is -2.41. The Bertz CT molecular complexity index is 1250. The Balaban J connectivity index is 1.43. The lowest BCUT2D eigenvalue weighted by molar-refractivity contribution is 0.0944. The number of nitrogens with one attached hydrogen (secondary N) is 1. The summed E-state index contributed by atoms with van der Waals surface area (Å²) in [5.74, 6) is -3.34. The zero-order chi connectivity index (χ0) is 27.6. The van der Waals surface area contributed by atoms with Crippen molar-refractivity contribution in [2.24, 2.45) is 5.92 Å². The van der Waals surface area contributed by atoms with Crippen molar-refractivity contribution in [2.75, 3.05) is 26.7 Å². The molecule has 1 aromatic heterocycles. The van der Waals surface area contributed by atoms with E-state index in [4.69, 9.17) is 9.47 Å². The molecule has 2 aromatic rings. The summed E-state index contributed by atoms with van der Waals surface area (Å²) in [6.07, 6.45) is 3.65. The second-order valence-electron chi connectivity index (χ2n) is 10.0. The monoisotopic (exact) mass is 552 g/mol. The number of hydrogen-bond acceptors (Lipinski definition) is 7. The van der Waals surface area contributed by atoms with Crippen LogP contribution >= 0.6 is 0 Å². The Hall–Kier alpha value is -2.83. The maximum absolute atomic E-state index is 14.9. The van der Waals surface area contributed by atoms with Crippen LogP contribution in [-0.2, 0) is 10.2 Å². The van der Waals surface area contributed by atoms with E-state index in [-0.39, 0.29) is 25.2 Å². The van der Waals surface area contributed by atoms with Crippen LogP contribution in [0.4, 0.5) is 8.78 Å². The van der Waals surface area contributed by atoms with Crippen molar-refractivity contribution in [3.63, 3.8) is 0 Å². The van der Waals surface area contributed by atoms with Crippen molar-refractivity contribution in [3.05, 3.63) is 53.4 Å². The molecule has 4 rings (SSSR count). The summed E-state index contributed by atoms with van der Waals surface area (Å²) in [6, 6.07) is 5.41. The lowest BCUT2D eigenvalue weighted by atomic mass is 10.1. The van der Waals surface area contributed by atoms with Gasteiger partial charge in [0, 0.05) is 25.2 Å². The number of carbonyl (C=O) groups is 1. The van der Waals surface area contributed by atoms with E-state index in [2.05, 4.69) is 4.98 Å². The average Bonchev–Trinajstić information content (AvgIpc) is 3.71. The highest BCUT2D eigenvalue weighted by atomic mass is 32.2. The zero-order valence-electron chi connectivity index (χ0n) is 22.0. The molecule has 0 unspecified atom stereocenters. The first-order valence-electron chi connectivity index (χ1n) is 12.8. The Morgan fingerprint density at radius 1 is 1.13 bits per heavy atom. The first kappa shape index (κ1) is 28.2. The molecule has 2 fully saturated rings. The van der Waals surface area contributed by atoms with E-state index in [9.17, 15) is 22.0 Å². The molecule has 1 aliphatic carbocycles. The van der Waals surface area contributed by atoms with E-state index in [1.807, 2.05) is 37.4 Å². The Labute approximate surface area is 222 Å². The molecule has 2 aliphatic rings. The molecular formula is C26H34F2N4O5S. The largest absolute Gasteiger partial charge is 0.492 e. The van der Waals surface area contributed by atoms with E-state index in [0.29, 0.717) is 30.4 Å². The number of halogens is 2. The summed E-state index contributed by atoms with van der Waals surface area (Å²) >= 11 is 0. The van der Waals surface area contributed by atoms with Gasteiger partial charge >= 0.3 is 10.2 Å². The van der Waals surface area contributed by atoms with Gasteiger partial charge in [0.1, 0.15) is 11.9 Å². The Morgan fingerprint density at radius 2 is 1.82 bits per heavy atom. The number of benzene rings is 1. The average molecular weight is 553 g/mol. The van der Waals surface area contributed by atoms with E-state index in [1.54, 1.807) is 18.3 Å². The molecule has 1 N–H and O–H groups in total. The second-order valence-corrected chi connectivity index (χ2v) is 11.7. The van der Waals surface area contributed by atoms with Gasteiger partial charge in [-0.1, -0.05) is 6.92 Å². The summed E-state index contributed by atoms with van der Waals surface area (Å²) in [5.41, 5.74) is -0.230. The highest BCUT2D eigenvalue weighted by molar-refractivity contribution is 7.87. The minimum atomic E-state index is -4.26. The number of carbonyl (C=O) groups excluding carboxylic acids is 1. The van der Waals surface area contributed by atoms with Crippen molar-refractivity contribution in [3.8, 4) is 11.5 Å². The minimum absolute atomic E-state index is 0.0801. The predicted octanol–water partition coefficient (Wildman–Crippen LogP) is 3.68. The van der Waals surface area contributed by atoms with Crippen LogP contribution in [-0.4, -0.2) is 67.3 Å². The molecule has 0 bridgehead atoms. The second kappa shape index (κ2) is 11.5. The van der Waals surface area contributed by atoms with Crippen LogP contribution in [0.5, 0.6) is 11.5 Å². The van der Waals surface area contributed by atoms with Gasteiger partial charge in [0.2, 0.25) is 5.82 Å². The first-order chi connectivity index (χ1) is 18.0. The third-order valence-corrected chi connectivity index (χ3v) is 8.51. The van der Waals surface area contributed by atoms with Crippen LogP contribution in [0.3, 0.4) is 0 Å². The van der Waals surface area contributed by atoms with Crippen LogP contribution in [0.1, 0.15) is 62.2 Å². The number of nitrogens with zero attached hydrogens (tertiary/aromatic N) is 3. The van der Waals surface area contributed by atoms with Gasteiger partial charge in [-0.2, -0.15) is 17.1 Å². The maximum atomic E-state index is 14.9. The number of piperazine rings is 1. The van der Waals surface area contributed by atoms with Gasteiger partial charge in [0.25, 0.3) is 5.91 Å². The van der Waals surface area contributed by atoms with Crippen LogP contribution in [0.2, 0.25) is 0 Å². The summed E-state index contributed by atoms with van der Waals surface area (Å²) in [6.45, 7) is 6.51. The number of hydrogen-bond donors (Lipinski definition) is 1. The van der Waals surface area contributed by atoms with E-state index < -0.39 is 45.2 Å². The number of ether oxygens (including phenoxy) is 2. The molecule has 1 aliphatic heterocycles. The lowest BCUT2D eigenvalue weighted by Crippen LogP contribution is -2.58. The summed E-state index contributed by atoms with van der Waals surface area (Å²) in [4.78, 5) is 19.0. The summed E-state index contributed by atoms with van der Waals surface area (Å²) < 4.78 is 69.8. The van der Waals surface area contributed by atoms with Crippen molar-refractivity contribution in [1.29, 1.82) is 0 Å². The number of likely N-dealkylation sites (N-methyl/N-ethyl adjacent to an activating group) is 1. The fraction of sp³-hybridized carbons (Fsp3) is 0.538. The molecule has 12 heteroatoms. The fourth-order valence-corrected chi connectivity index (χ4v) is 5.56. The van der Waals surface area contributed by atoms with Crippen molar-refractivity contribution in [2.45, 2.75) is 58.2 Å². The molecule has 2 heterocycles. The normalized spacial score (nSPS) is 21.6. The first-order valence-corrected chi connectivity index (χ1v) is 14.2. The van der Waals surface area contributed by atoms with Crippen molar-refractivity contribution >= 4 is 16.1 Å². The van der Waals surface area contributed by atoms with Crippen LogP contribution in [0.25, 0.3) is 0 Å². The van der Waals surface area contributed by atoms with Crippen LogP contribution in [0, 0.1) is 17.6 Å². The van der Waals surface area contributed by atoms with Crippen molar-refractivity contribution < 1.29 is 31.5 Å². The highest BCUT2D eigenvalue weighted by Crippen LogP contribution is 2.31. The summed E-state index contributed by atoms with van der Waals surface area (Å²) in [5, 5.41) is 0. The number of rotatable bonds is 10. The molecule has 38 heavy (non-hydrogen) atoms. The van der Waals surface area contributed by atoms with Gasteiger partial charge in [-0.15, -0.1) is 0 Å². The quantitative estimate of drug-likeness (QED) is 0.480. The zero-order valence-corrected chi connectivity index (χ0v) is 22.8. The summed E-state index contributed by atoms with van der Waals surface area (Å²) in [7, 11) is -2.37. The molecule has 1 aromatic carbocycles. The number of aromatic nitrogens is 1. The van der Waals surface area contributed by atoms with Crippen molar-refractivity contribution in [1.82, 2.24) is 18.9 Å². The van der Waals surface area contributed by atoms with E-state index in [0.717, 1.165) is 16.4 Å². The third-order valence-electron chi connectivity index (χ3n) is 7.09. The molecule has 208 valence electrons. The minimum Gasteiger partial charge on any atom is -0.492 e. The van der Waals surface area contributed by atoms with Crippen LogP contribution in [0.15, 0.2) is 30.5 Å². The molecule has 9 nitrogen and oxygen atoms in total. The Kier molecular flexibility index (Phi) is 8.53. The van der Waals surface area contributed by atoms with Crippen LogP contribution < -0.4 is 14.2 Å². The standard InChI is InChI=1S/C26H34F2N4O5S/c1-5-22(21-10-8-19(12-29-21)36-15-18-6-7-18)37-23-11-9-20(24(27)25(23)28)26(33)30-38(34,35)32-13-16(2)31(4)17(3)14-32/h8-12,16-18,22H,5-7,13-15H2,1-4H3,(H,30,33)/t16-,17+,22-/m1/s1. The van der Waals surface area contributed by atoms with E-state index >= 15 is 0 Å².